The third-order valence-corrected chi connectivity index (χ3v) is 20.1. The minimum absolute atomic E-state index is 0.0558. The molecule has 6 heterocycles. The number of fused-ring (bicyclic) bond motifs is 5. The van der Waals surface area contributed by atoms with E-state index in [-0.39, 0.29) is 58.9 Å². The lowest BCUT2D eigenvalue weighted by molar-refractivity contribution is 0.0122. The Bertz CT molecular complexity index is 2400. The van der Waals surface area contributed by atoms with Crippen molar-refractivity contribution >= 4 is 41.7 Å². The number of hydrogen-bond acceptors (Lipinski definition) is 9. The molecule has 4 aliphatic rings. The van der Waals surface area contributed by atoms with Crippen molar-refractivity contribution in [3.05, 3.63) is 47.7 Å². The summed E-state index contributed by atoms with van der Waals surface area (Å²) in [7, 11) is -2.32. The van der Waals surface area contributed by atoms with E-state index in [4.69, 9.17) is 14.5 Å². The summed E-state index contributed by atoms with van der Waals surface area (Å²) in [5.41, 5.74) is 3.48. The first kappa shape index (κ1) is 43.1. The lowest BCUT2D eigenvalue weighted by Gasteiger charge is -2.42. The van der Waals surface area contributed by atoms with E-state index in [1.807, 2.05) is 30.6 Å². The van der Waals surface area contributed by atoms with Crippen LogP contribution in [0.1, 0.15) is 100.0 Å². The molecule has 14 heteroatoms. The molecular weight excluding hydrogens is 798 g/mol. The maximum absolute atomic E-state index is 17.6. The van der Waals surface area contributed by atoms with Crippen LogP contribution in [-0.4, -0.2) is 106 Å². The molecule has 2 aromatic carbocycles. The van der Waals surface area contributed by atoms with Gasteiger partial charge in [0.25, 0.3) is 0 Å². The first-order valence-corrected chi connectivity index (χ1v) is 24.2. The molecule has 0 aliphatic carbocycles. The molecule has 4 atom stereocenters. The fourth-order valence-electron chi connectivity index (χ4n) is 11.2. The van der Waals surface area contributed by atoms with Crippen LogP contribution in [0.2, 0.25) is 16.6 Å². The van der Waals surface area contributed by atoms with Gasteiger partial charge < -0.3 is 19.5 Å². The van der Waals surface area contributed by atoms with Gasteiger partial charge in [0, 0.05) is 43.2 Å². The number of carbonyl (C=O) groups is 1. The van der Waals surface area contributed by atoms with Crippen LogP contribution in [-0.2, 0) is 4.74 Å². The number of phenols is 1. The summed E-state index contributed by atoms with van der Waals surface area (Å²) in [6.07, 6.45) is 3.78. The van der Waals surface area contributed by atoms with Crippen LogP contribution >= 0.6 is 0 Å². The van der Waals surface area contributed by atoms with E-state index in [1.54, 1.807) is 6.07 Å². The van der Waals surface area contributed by atoms with Crippen LogP contribution in [0.5, 0.6) is 11.8 Å². The zero-order valence-corrected chi connectivity index (χ0v) is 37.9. The summed E-state index contributed by atoms with van der Waals surface area (Å²) < 4.78 is 60.7. The van der Waals surface area contributed by atoms with Gasteiger partial charge in [-0.15, -0.1) is 5.54 Å². The highest BCUT2D eigenvalue weighted by atomic mass is 28.3. The fourth-order valence-corrected chi connectivity index (χ4v) is 16.4. The van der Waals surface area contributed by atoms with Crippen LogP contribution in [0, 0.1) is 23.1 Å². The van der Waals surface area contributed by atoms with Gasteiger partial charge in [0.2, 0.25) is 0 Å². The zero-order chi connectivity index (χ0) is 43.8. The Balaban J connectivity index is 1.26. The van der Waals surface area contributed by atoms with Crippen LogP contribution in [0.25, 0.3) is 32.9 Å². The molecule has 2 bridgehead atoms. The van der Waals surface area contributed by atoms with Crippen molar-refractivity contribution in [2.24, 2.45) is 0 Å². The van der Waals surface area contributed by atoms with Crippen molar-refractivity contribution in [2.75, 3.05) is 37.7 Å². The fraction of sp³-hybridized carbons (Fsp3) is 0.574. The molecule has 0 saturated carbocycles. The number of alkyl halides is 1. The van der Waals surface area contributed by atoms with E-state index < -0.39 is 37.0 Å². The van der Waals surface area contributed by atoms with E-state index in [9.17, 15) is 14.3 Å². The van der Waals surface area contributed by atoms with Crippen molar-refractivity contribution in [2.45, 2.75) is 140 Å². The topological polar surface area (TPSA) is 104 Å². The smallest absolute Gasteiger partial charge is 0.410 e. The van der Waals surface area contributed by atoms with Gasteiger partial charge in [-0.25, -0.2) is 18.0 Å². The summed E-state index contributed by atoms with van der Waals surface area (Å²) in [6, 6.07) is 5.43. The summed E-state index contributed by atoms with van der Waals surface area (Å²) in [4.78, 5) is 33.6. The number of piperazine rings is 1. The van der Waals surface area contributed by atoms with E-state index in [0.717, 1.165) is 32.2 Å². The summed E-state index contributed by atoms with van der Waals surface area (Å²) in [6.45, 7) is 20.8. The number of halogens is 3. The Labute approximate surface area is 358 Å². The SMILES string of the molecule is CC(C)[Si](C#Cc1c(F)ccc2cc(O)cc(-c3ncc4c(N5CC6CCC(C5)N6C(=O)OC(C)(C)C)nc(OC[C@@]56CCCN5C[C@H](F)C6)nc4c3F)c12)(C(C)C)C(C)C. The molecule has 4 saturated heterocycles. The molecule has 0 spiro atoms. The second-order valence-electron chi connectivity index (χ2n) is 19.7. The first-order chi connectivity index (χ1) is 28.8. The highest BCUT2D eigenvalue weighted by Crippen LogP contribution is 2.44. The number of amides is 1. The number of aromatic hydroxyl groups is 1. The molecule has 0 radical (unpaired) electrons. The number of phenolic OH excluding ortho intramolecular Hbond substituents is 1. The normalized spacial score (nSPS) is 23.1. The van der Waals surface area contributed by atoms with E-state index in [0.29, 0.717) is 64.7 Å². The quantitative estimate of drug-likeness (QED) is 0.137. The van der Waals surface area contributed by atoms with Gasteiger partial charge in [0.15, 0.2) is 5.82 Å². The van der Waals surface area contributed by atoms with Crippen molar-refractivity contribution in [1.29, 1.82) is 0 Å². The molecule has 2 unspecified atom stereocenters. The number of anilines is 1. The highest BCUT2D eigenvalue weighted by Gasteiger charge is 2.50. The number of carbonyl (C=O) groups excluding carboxylic acids is 1. The lowest BCUT2D eigenvalue weighted by Crippen LogP contribution is -2.57. The van der Waals surface area contributed by atoms with Crippen molar-refractivity contribution in [3.8, 4) is 34.5 Å². The number of benzene rings is 2. The second kappa shape index (κ2) is 15.9. The third kappa shape index (κ3) is 7.68. The maximum atomic E-state index is 17.6. The Morgan fingerprint density at radius 2 is 1.70 bits per heavy atom. The summed E-state index contributed by atoms with van der Waals surface area (Å²) >= 11 is 0. The largest absolute Gasteiger partial charge is 0.508 e. The van der Waals surface area contributed by atoms with E-state index >= 15 is 8.78 Å². The van der Waals surface area contributed by atoms with Gasteiger partial charge in [-0.3, -0.25) is 14.8 Å². The van der Waals surface area contributed by atoms with Gasteiger partial charge in [-0.1, -0.05) is 53.5 Å². The van der Waals surface area contributed by atoms with Crippen molar-refractivity contribution in [1.82, 2.24) is 24.8 Å². The van der Waals surface area contributed by atoms with Gasteiger partial charge in [0.1, 0.15) is 55.0 Å². The Kier molecular flexibility index (Phi) is 11.2. The van der Waals surface area contributed by atoms with Crippen molar-refractivity contribution < 1.29 is 32.5 Å². The molecule has 2 aromatic heterocycles. The zero-order valence-electron chi connectivity index (χ0n) is 36.9. The maximum Gasteiger partial charge on any atom is 0.410 e. The lowest BCUT2D eigenvalue weighted by atomic mass is 9.95. The molecule has 4 aliphatic heterocycles. The van der Waals surface area contributed by atoms with E-state index in [1.165, 1.54) is 24.4 Å². The van der Waals surface area contributed by atoms with Crippen LogP contribution in [0.4, 0.5) is 23.8 Å². The Morgan fingerprint density at radius 1 is 1.02 bits per heavy atom. The summed E-state index contributed by atoms with van der Waals surface area (Å²) in [5, 5.41) is 12.2. The summed E-state index contributed by atoms with van der Waals surface area (Å²) in [5.74, 6) is 2.20. The molecule has 326 valence electrons. The Morgan fingerprint density at radius 3 is 2.36 bits per heavy atom. The van der Waals surface area contributed by atoms with Crippen LogP contribution < -0.4 is 9.64 Å². The number of rotatable bonds is 8. The molecule has 1 amide bonds. The number of pyridine rings is 1. The Hall–Kier alpha value is -4.61. The van der Waals surface area contributed by atoms with Gasteiger partial charge in [-0.2, -0.15) is 9.97 Å². The monoisotopic (exact) mass is 856 g/mol. The molecule has 4 fully saturated rings. The number of aromatic nitrogens is 3. The van der Waals surface area contributed by atoms with Gasteiger partial charge in [-0.05, 0) is 93.2 Å². The van der Waals surface area contributed by atoms with Crippen LogP contribution in [0.15, 0.2) is 30.5 Å². The molecule has 8 rings (SSSR count). The van der Waals surface area contributed by atoms with Gasteiger partial charge in [0.05, 0.1) is 28.6 Å². The minimum Gasteiger partial charge on any atom is -0.508 e. The molecule has 61 heavy (non-hydrogen) atoms. The standard InChI is InChI=1S/C47H59F3N6O4Si/c1-27(2)61(28(3)4,29(5)6)18-15-35-38(49)14-11-30-19-34(57)20-36(39(30)35)41-40(50)42-37(22-51-41)43(53-44(52-42)59-26-47-16-10-17-55(47)23-31(48)21-47)54-24-32-12-13-33(25-54)56(32)45(58)60-46(7,8)9/h11,14,19-20,22,27-29,31-33,57H,10,12-13,16-17,21,23-26H2,1-9H3/t31-,32?,33?,47+/m1/s1. The minimum atomic E-state index is -2.32. The number of hydrogen-bond donors (Lipinski definition) is 1. The van der Waals surface area contributed by atoms with Crippen LogP contribution in [0.3, 0.4) is 0 Å². The first-order valence-electron chi connectivity index (χ1n) is 21.9. The molecule has 4 aromatic rings. The predicted molar refractivity (Wildman–Crippen MR) is 235 cm³/mol. The number of ether oxygens (including phenoxy) is 2. The molecular formula is C47H59F3N6O4Si. The molecule has 1 N–H and O–H groups in total. The number of nitrogens with zero attached hydrogens (tertiary/aromatic N) is 6. The van der Waals surface area contributed by atoms with Gasteiger partial charge >= 0.3 is 12.1 Å². The average Bonchev–Trinajstić information content (AvgIpc) is 3.80. The third-order valence-electron chi connectivity index (χ3n) is 13.8. The highest BCUT2D eigenvalue weighted by molar-refractivity contribution is 6.90. The average molecular weight is 857 g/mol. The molecule has 10 nitrogen and oxygen atoms in total. The predicted octanol–water partition coefficient (Wildman–Crippen LogP) is 9.94. The van der Waals surface area contributed by atoms with E-state index in [2.05, 4.69) is 67.9 Å². The van der Waals surface area contributed by atoms with Crippen molar-refractivity contribution in [3.63, 3.8) is 0 Å². The second-order valence-corrected chi connectivity index (χ2v) is 25.3.